The van der Waals surface area contributed by atoms with Gasteiger partial charge in [-0.25, -0.2) is 0 Å². The SMILES string of the molecule is [2H]CSSC(C)(C)COC=O. The van der Waals surface area contributed by atoms with E-state index >= 15 is 0 Å². The smallest absolute Gasteiger partial charge is 0.293 e. The van der Waals surface area contributed by atoms with Crippen LogP contribution in [0.15, 0.2) is 0 Å². The largest absolute Gasteiger partial charge is 0.466 e. The lowest BCUT2D eigenvalue weighted by atomic mass is 10.2. The van der Waals surface area contributed by atoms with Crippen LogP contribution in [-0.2, 0) is 9.53 Å². The van der Waals surface area contributed by atoms with Gasteiger partial charge in [0, 0.05) is 1.37 Å². The molecule has 0 N–H and O–H groups in total. The number of carbonyl (C=O) groups is 1. The third-order valence-electron chi connectivity index (χ3n) is 0.783. The van der Waals surface area contributed by atoms with Crippen LogP contribution in [0.25, 0.3) is 0 Å². The predicted octanol–water partition coefficient (Wildman–Crippen LogP) is 1.95. The van der Waals surface area contributed by atoms with E-state index in [9.17, 15) is 4.79 Å². The molecule has 10 heavy (non-hydrogen) atoms. The first-order valence-corrected chi connectivity index (χ1v) is 5.09. The second-order valence-electron chi connectivity index (χ2n) is 2.37. The van der Waals surface area contributed by atoms with Gasteiger partial charge < -0.3 is 4.74 Å². The lowest BCUT2D eigenvalue weighted by Crippen LogP contribution is -2.20. The van der Waals surface area contributed by atoms with Gasteiger partial charge in [-0.05, 0) is 20.1 Å². The van der Waals surface area contributed by atoms with Crippen molar-refractivity contribution in [1.82, 2.24) is 0 Å². The minimum Gasteiger partial charge on any atom is -0.466 e. The van der Waals surface area contributed by atoms with E-state index < -0.39 is 0 Å². The van der Waals surface area contributed by atoms with Crippen molar-refractivity contribution in [2.45, 2.75) is 18.6 Å². The van der Waals surface area contributed by atoms with Crippen molar-refractivity contribution >= 4 is 28.1 Å². The first kappa shape index (κ1) is 8.27. The van der Waals surface area contributed by atoms with Crippen LogP contribution in [0.4, 0.5) is 0 Å². The molecular weight excluding hydrogens is 168 g/mol. The maximum Gasteiger partial charge on any atom is 0.293 e. The molecule has 0 rings (SSSR count). The standard InChI is InChI=1S/C6H12O2S2/c1-6(2,10-9-3)4-8-5-7/h5H,4H2,1-3H3/i3D. The van der Waals surface area contributed by atoms with E-state index in [1.165, 1.54) is 10.8 Å². The highest BCUT2D eigenvalue weighted by Gasteiger charge is 2.18. The molecule has 60 valence electrons. The third-order valence-corrected chi connectivity index (χ3v) is 3.18. The average Bonchev–Trinajstić information content (AvgIpc) is 1.97. The second-order valence-corrected chi connectivity index (χ2v) is 5.08. The summed E-state index contributed by atoms with van der Waals surface area (Å²) in [4.78, 5) is 9.85. The number of rotatable bonds is 5. The van der Waals surface area contributed by atoms with Crippen molar-refractivity contribution in [3.05, 3.63) is 0 Å². The molecule has 0 bridgehead atoms. The number of ether oxygens (including phenoxy) is 1. The monoisotopic (exact) mass is 181 g/mol. The highest BCUT2D eigenvalue weighted by Crippen LogP contribution is 2.33. The number of hydrogen-bond donors (Lipinski definition) is 0. The minimum absolute atomic E-state index is 0.0906. The topological polar surface area (TPSA) is 26.3 Å². The molecular formula is C6H12O2S2. The van der Waals surface area contributed by atoms with E-state index in [4.69, 9.17) is 1.37 Å². The van der Waals surface area contributed by atoms with Crippen molar-refractivity contribution < 1.29 is 10.9 Å². The molecule has 0 unspecified atom stereocenters. The highest BCUT2D eigenvalue weighted by atomic mass is 33.1. The Morgan fingerprint density at radius 3 is 3.00 bits per heavy atom. The Hall–Kier alpha value is 0.170. The average molecular weight is 181 g/mol. The van der Waals surface area contributed by atoms with Gasteiger partial charge in [-0.15, -0.1) is 0 Å². The Morgan fingerprint density at radius 2 is 2.50 bits per heavy atom. The Morgan fingerprint density at radius 1 is 1.80 bits per heavy atom. The summed E-state index contributed by atoms with van der Waals surface area (Å²) in [6.07, 6.45) is 0.329. The molecule has 0 radical (unpaired) electrons. The predicted molar refractivity (Wildman–Crippen MR) is 47.2 cm³/mol. The van der Waals surface area contributed by atoms with Crippen LogP contribution < -0.4 is 0 Å². The Bertz CT molecular complexity index is 119. The summed E-state index contributed by atoms with van der Waals surface area (Å²) in [7, 11) is 3.02. The Labute approximate surface area is 70.9 Å². The summed E-state index contributed by atoms with van der Waals surface area (Å²) < 4.78 is 11.4. The molecule has 0 saturated carbocycles. The van der Waals surface area contributed by atoms with Gasteiger partial charge in [-0.1, -0.05) is 21.6 Å². The van der Waals surface area contributed by atoms with Crippen LogP contribution in [0.3, 0.4) is 0 Å². The van der Waals surface area contributed by atoms with Gasteiger partial charge in [0.2, 0.25) is 0 Å². The molecule has 0 heterocycles. The molecule has 0 aliphatic heterocycles. The van der Waals surface area contributed by atoms with Crippen molar-refractivity contribution in [3.63, 3.8) is 0 Å². The third kappa shape index (κ3) is 4.99. The first-order valence-electron chi connectivity index (χ1n) is 3.48. The van der Waals surface area contributed by atoms with E-state index in [1.54, 1.807) is 10.8 Å². The van der Waals surface area contributed by atoms with E-state index in [1.807, 2.05) is 13.8 Å². The summed E-state index contributed by atoms with van der Waals surface area (Å²) in [5.74, 6) is 0. The summed E-state index contributed by atoms with van der Waals surface area (Å²) in [5, 5.41) is 0. The van der Waals surface area contributed by atoms with Crippen LogP contribution >= 0.6 is 21.6 Å². The van der Waals surface area contributed by atoms with Gasteiger partial charge >= 0.3 is 0 Å². The molecule has 0 aromatic carbocycles. The maximum atomic E-state index is 9.85. The van der Waals surface area contributed by atoms with Gasteiger partial charge in [0.1, 0.15) is 6.61 Å². The lowest BCUT2D eigenvalue weighted by molar-refractivity contribution is -0.129. The molecule has 0 spiro atoms. The number of hydrogen-bond acceptors (Lipinski definition) is 4. The molecule has 4 heteroatoms. The molecule has 0 aliphatic rings. The minimum atomic E-state index is -0.0906. The van der Waals surface area contributed by atoms with Crippen molar-refractivity contribution in [3.8, 4) is 0 Å². The maximum absolute atomic E-state index is 9.85. The fourth-order valence-electron chi connectivity index (χ4n) is 0.418. The first-order chi connectivity index (χ1) is 5.12. The molecule has 0 aliphatic carbocycles. The van der Waals surface area contributed by atoms with E-state index in [-0.39, 0.29) is 4.75 Å². The Balaban J connectivity index is 3.51. The summed E-state index contributed by atoms with van der Waals surface area (Å²) in [5.41, 5.74) is 0. The summed E-state index contributed by atoms with van der Waals surface area (Å²) in [6.45, 7) is 4.80. The zero-order valence-electron chi connectivity index (χ0n) is 7.12. The van der Waals surface area contributed by atoms with Gasteiger partial charge in [0.15, 0.2) is 0 Å². The fourth-order valence-corrected chi connectivity index (χ4v) is 1.95. The van der Waals surface area contributed by atoms with Gasteiger partial charge in [0.05, 0.1) is 4.75 Å². The van der Waals surface area contributed by atoms with Gasteiger partial charge in [0.25, 0.3) is 6.47 Å². The number of carbonyl (C=O) groups excluding carboxylic acids is 1. The van der Waals surface area contributed by atoms with Crippen LogP contribution in [0.1, 0.15) is 15.2 Å². The zero-order valence-corrected chi connectivity index (χ0v) is 7.76. The van der Waals surface area contributed by atoms with Gasteiger partial charge in [-0.3, -0.25) is 4.79 Å². The normalized spacial score (nSPS) is 12.4. The highest BCUT2D eigenvalue weighted by molar-refractivity contribution is 8.76. The molecule has 0 atom stereocenters. The van der Waals surface area contributed by atoms with E-state index in [0.717, 1.165) is 0 Å². The fraction of sp³-hybridized carbons (Fsp3) is 0.833. The van der Waals surface area contributed by atoms with E-state index in [0.29, 0.717) is 19.3 Å². The molecule has 0 aromatic heterocycles. The Kier molecular flexibility index (Phi) is 4.06. The van der Waals surface area contributed by atoms with E-state index in [2.05, 4.69) is 4.74 Å². The summed E-state index contributed by atoms with van der Waals surface area (Å²) >= 11 is 0. The lowest BCUT2D eigenvalue weighted by Gasteiger charge is -2.20. The van der Waals surface area contributed by atoms with Crippen LogP contribution in [-0.4, -0.2) is 24.1 Å². The van der Waals surface area contributed by atoms with Crippen LogP contribution in [0, 0.1) is 0 Å². The second kappa shape index (κ2) is 4.91. The molecule has 2 nitrogen and oxygen atoms in total. The van der Waals surface area contributed by atoms with Gasteiger partial charge in [-0.2, -0.15) is 0 Å². The zero-order chi connectivity index (χ0) is 8.74. The van der Waals surface area contributed by atoms with Crippen molar-refractivity contribution in [1.29, 1.82) is 0 Å². The van der Waals surface area contributed by atoms with Crippen molar-refractivity contribution in [2.75, 3.05) is 12.8 Å². The molecule has 0 fully saturated rings. The van der Waals surface area contributed by atoms with Crippen molar-refractivity contribution in [2.24, 2.45) is 0 Å². The molecule has 0 saturated heterocycles. The quantitative estimate of drug-likeness (QED) is 0.478. The van der Waals surface area contributed by atoms with Crippen LogP contribution in [0.2, 0.25) is 0 Å². The molecule has 0 amide bonds. The molecule has 0 aromatic rings. The summed E-state index contributed by atoms with van der Waals surface area (Å²) in [6, 6.07) is 0. The van der Waals surface area contributed by atoms with Crippen LogP contribution in [0.5, 0.6) is 0 Å².